The van der Waals surface area contributed by atoms with Gasteiger partial charge in [-0.15, -0.1) is 0 Å². The van der Waals surface area contributed by atoms with Gasteiger partial charge in [-0.2, -0.15) is 0 Å². The van der Waals surface area contributed by atoms with Gasteiger partial charge in [0.25, 0.3) is 0 Å². The molecule has 0 amide bonds. The molecule has 2 aromatic rings. The molecule has 0 saturated carbocycles. The van der Waals surface area contributed by atoms with Crippen molar-refractivity contribution in [2.24, 2.45) is 0 Å². The molecule has 2 aromatic carbocycles. The summed E-state index contributed by atoms with van der Waals surface area (Å²) in [5, 5.41) is 3.32. The molecule has 0 heterocycles. The summed E-state index contributed by atoms with van der Waals surface area (Å²) in [6.45, 7) is 3.87. The predicted molar refractivity (Wildman–Crippen MR) is 88.1 cm³/mol. The van der Waals surface area contributed by atoms with Gasteiger partial charge in [-0.1, -0.05) is 52.8 Å². The highest BCUT2D eigenvalue weighted by atomic mass is 79.9. The summed E-state index contributed by atoms with van der Waals surface area (Å²) in [5.41, 5.74) is 2.22. The first-order valence-electron chi connectivity index (χ1n) is 6.46. The van der Waals surface area contributed by atoms with Crippen LogP contribution in [0.1, 0.15) is 11.6 Å². The average molecular weight is 346 g/mol. The van der Waals surface area contributed by atoms with E-state index in [2.05, 4.69) is 27.8 Å². The Balaban J connectivity index is 2.30. The van der Waals surface area contributed by atoms with E-state index in [1.807, 2.05) is 54.6 Å². The first kappa shape index (κ1) is 15.3. The van der Waals surface area contributed by atoms with E-state index in [1.165, 1.54) is 7.11 Å². The molecule has 1 atom stereocenters. The maximum Gasteiger partial charge on any atom is 0.335 e. The lowest BCUT2D eigenvalue weighted by Crippen LogP contribution is -2.19. The Labute approximate surface area is 132 Å². The van der Waals surface area contributed by atoms with Gasteiger partial charge in [-0.05, 0) is 29.8 Å². The number of hydrogen-bond donors (Lipinski definition) is 1. The van der Waals surface area contributed by atoms with Crippen molar-refractivity contribution >= 4 is 27.6 Å². The average Bonchev–Trinajstić information content (AvgIpc) is 2.53. The second-order valence-electron chi connectivity index (χ2n) is 4.51. The SMILES string of the molecule is C=C(C(=O)OC)[C@H](Nc1ccc(Br)cc1)c1ccccc1. The predicted octanol–water partition coefficient (Wildman–Crippen LogP) is 4.33. The fourth-order valence-corrected chi connectivity index (χ4v) is 2.24. The lowest BCUT2D eigenvalue weighted by atomic mass is 9.99. The minimum atomic E-state index is -0.423. The third kappa shape index (κ3) is 3.95. The van der Waals surface area contributed by atoms with Crippen LogP contribution in [0.4, 0.5) is 5.69 Å². The van der Waals surface area contributed by atoms with Gasteiger partial charge in [-0.3, -0.25) is 0 Å². The van der Waals surface area contributed by atoms with Crippen LogP contribution in [0.15, 0.2) is 71.2 Å². The highest BCUT2D eigenvalue weighted by molar-refractivity contribution is 9.10. The molecule has 0 fully saturated rings. The van der Waals surface area contributed by atoms with Gasteiger partial charge in [0.1, 0.15) is 0 Å². The molecule has 21 heavy (non-hydrogen) atoms. The first-order chi connectivity index (χ1) is 10.1. The van der Waals surface area contributed by atoms with E-state index in [-0.39, 0.29) is 6.04 Å². The monoisotopic (exact) mass is 345 g/mol. The summed E-state index contributed by atoms with van der Waals surface area (Å²) in [5.74, 6) is -0.423. The Bertz CT molecular complexity index is 623. The molecule has 0 aliphatic carbocycles. The van der Waals surface area contributed by atoms with Crippen LogP contribution < -0.4 is 5.32 Å². The summed E-state index contributed by atoms with van der Waals surface area (Å²) >= 11 is 3.40. The molecule has 1 N–H and O–H groups in total. The van der Waals surface area contributed by atoms with Crippen molar-refractivity contribution in [2.75, 3.05) is 12.4 Å². The Morgan fingerprint density at radius 3 is 2.33 bits per heavy atom. The lowest BCUT2D eigenvalue weighted by molar-refractivity contribution is -0.136. The van der Waals surface area contributed by atoms with Crippen molar-refractivity contribution < 1.29 is 9.53 Å². The van der Waals surface area contributed by atoms with Crippen molar-refractivity contribution in [2.45, 2.75) is 6.04 Å². The smallest absolute Gasteiger partial charge is 0.335 e. The van der Waals surface area contributed by atoms with E-state index >= 15 is 0 Å². The zero-order chi connectivity index (χ0) is 15.2. The molecule has 0 aliphatic heterocycles. The molecule has 0 unspecified atom stereocenters. The summed E-state index contributed by atoms with van der Waals surface area (Å²) in [6, 6.07) is 17.1. The van der Waals surface area contributed by atoms with Crippen LogP contribution in [0.3, 0.4) is 0 Å². The number of methoxy groups -OCH3 is 1. The number of hydrogen-bond acceptors (Lipinski definition) is 3. The highest BCUT2D eigenvalue weighted by Crippen LogP contribution is 2.27. The largest absolute Gasteiger partial charge is 0.466 e. The van der Waals surface area contributed by atoms with Gasteiger partial charge in [0.05, 0.1) is 18.7 Å². The number of halogens is 1. The van der Waals surface area contributed by atoms with Crippen molar-refractivity contribution in [1.82, 2.24) is 0 Å². The Kier molecular flexibility index (Phi) is 5.17. The molecule has 2 rings (SSSR count). The number of rotatable bonds is 5. The Hall–Kier alpha value is -2.07. The second-order valence-corrected chi connectivity index (χ2v) is 5.43. The second kappa shape index (κ2) is 7.09. The number of carbonyl (C=O) groups is 1. The minimum Gasteiger partial charge on any atom is -0.466 e. The van der Waals surface area contributed by atoms with Crippen LogP contribution in [0.5, 0.6) is 0 Å². The quantitative estimate of drug-likeness (QED) is 0.647. The van der Waals surface area contributed by atoms with Gasteiger partial charge in [0, 0.05) is 10.2 Å². The van der Waals surface area contributed by atoms with E-state index < -0.39 is 5.97 Å². The van der Waals surface area contributed by atoms with Gasteiger partial charge in [0.15, 0.2) is 0 Å². The minimum absolute atomic E-state index is 0.333. The van der Waals surface area contributed by atoms with E-state index in [0.717, 1.165) is 15.7 Å². The van der Waals surface area contributed by atoms with Gasteiger partial charge in [0.2, 0.25) is 0 Å². The third-order valence-corrected chi connectivity index (χ3v) is 3.61. The van der Waals surface area contributed by atoms with E-state index in [9.17, 15) is 4.79 Å². The van der Waals surface area contributed by atoms with Gasteiger partial charge >= 0.3 is 5.97 Å². The van der Waals surface area contributed by atoms with E-state index in [0.29, 0.717) is 5.57 Å². The molecule has 3 nitrogen and oxygen atoms in total. The summed E-state index contributed by atoms with van der Waals surface area (Å²) in [7, 11) is 1.36. The molecule has 0 aliphatic rings. The highest BCUT2D eigenvalue weighted by Gasteiger charge is 2.21. The summed E-state index contributed by atoms with van der Waals surface area (Å²) in [6.07, 6.45) is 0. The normalized spacial score (nSPS) is 11.5. The molecule has 0 spiro atoms. The summed E-state index contributed by atoms with van der Waals surface area (Å²) < 4.78 is 5.78. The third-order valence-electron chi connectivity index (χ3n) is 3.08. The Morgan fingerprint density at radius 2 is 1.76 bits per heavy atom. The summed E-state index contributed by atoms with van der Waals surface area (Å²) in [4.78, 5) is 11.8. The van der Waals surface area contributed by atoms with Gasteiger partial charge < -0.3 is 10.1 Å². The molecule has 0 bridgehead atoms. The lowest BCUT2D eigenvalue weighted by Gasteiger charge is -2.21. The van der Waals surface area contributed by atoms with Crippen LogP contribution in [0.2, 0.25) is 0 Å². The van der Waals surface area contributed by atoms with Crippen LogP contribution in [0.25, 0.3) is 0 Å². The van der Waals surface area contributed by atoms with Crippen LogP contribution in [-0.4, -0.2) is 13.1 Å². The van der Waals surface area contributed by atoms with E-state index in [4.69, 9.17) is 4.74 Å². The maximum absolute atomic E-state index is 11.8. The first-order valence-corrected chi connectivity index (χ1v) is 7.25. The van der Waals surface area contributed by atoms with E-state index in [1.54, 1.807) is 0 Å². The standard InChI is InChI=1S/C17H16BrNO2/c1-12(17(20)21-2)16(13-6-4-3-5-7-13)19-15-10-8-14(18)9-11-15/h3-11,16,19H,1H2,2H3/t16-/m0/s1. The maximum atomic E-state index is 11.8. The van der Waals surface area contributed by atoms with Crippen molar-refractivity contribution in [1.29, 1.82) is 0 Å². The van der Waals surface area contributed by atoms with Crippen LogP contribution in [-0.2, 0) is 9.53 Å². The topological polar surface area (TPSA) is 38.3 Å². The number of anilines is 1. The molecule has 108 valence electrons. The zero-order valence-corrected chi connectivity index (χ0v) is 13.3. The van der Waals surface area contributed by atoms with Gasteiger partial charge in [-0.25, -0.2) is 4.79 Å². The molecular weight excluding hydrogens is 330 g/mol. The number of nitrogens with one attached hydrogen (secondary N) is 1. The van der Waals surface area contributed by atoms with Crippen LogP contribution >= 0.6 is 15.9 Å². The van der Waals surface area contributed by atoms with Crippen molar-refractivity contribution in [3.05, 3.63) is 76.8 Å². The van der Waals surface area contributed by atoms with Crippen molar-refractivity contribution in [3.63, 3.8) is 0 Å². The fourth-order valence-electron chi connectivity index (χ4n) is 1.98. The number of carbonyl (C=O) groups excluding carboxylic acids is 1. The Morgan fingerprint density at radius 1 is 1.14 bits per heavy atom. The molecule has 4 heteroatoms. The number of benzene rings is 2. The number of esters is 1. The zero-order valence-electron chi connectivity index (χ0n) is 11.7. The molecule has 0 aromatic heterocycles. The number of ether oxygens (including phenoxy) is 1. The van der Waals surface area contributed by atoms with Crippen LogP contribution in [0, 0.1) is 0 Å². The van der Waals surface area contributed by atoms with Crippen molar-refractivity contribution in [3.8, 4) is 0 Å². The molecular formula is C17H16BrNO2. The fraction of sp³-hybridized carbons (Fsp3) is 0.118. The molecule has 0 radical (unpaired) electrons. The molecule has 0 saturated heterocycles.